The summed E-state index contributed by atoms with van der Waals surface area (Å²) in [5, 5.41) is 5.90. The number of carbonyl (C=O) groups is 1. The molecule has 28 heavy (non-hydrogen) atoms. The van der Waals surface area contributed by atoms with Crippen molar-refractivity contribution in [1.82, 2.24) is 15.1 Å². The lowest BCUT2D eigenvalue weighted by Gasteiger charge is -2.30. The minimum absolute atomic E-state index is 0.256. The summed E-state index contributed by atoms with van der Waals surface area (Å²) >= 11 is 0. The molecule has 0 aliphatic carbocycles. The first-order valence-corrected chi connectivity index (χ1v) is 9.57. The summed E-state index contributed by atoms with van der Waals surface area (Å²) in [5.74, 6) is 0.466. The molecule has 1 aromatic carbocycles. The predicted molar refractivity (Wildman–Crippen MR) is 107 cm³/mol. The van der Waals surface area contributed by atoms with E-state index in [1.165, 1.54) is 11.1 Å². The van der Waals surface area contributed by atoms with Crippen molar-refractivity contribution in [2.75, 3.05) is 39.9 Å². The molecule has 3 rings (SSSR count). The second kappa shape index (κ2) is 8.24. The van der Waals surface area contributed by atoms with Crippen molar-refractivity contribution in [1.29, 1.82) is 0 Å². The van der Waals surface area contributed by atoms with Crippen molar-refractivity contribution in [2.45, 2.75) is 27.7 Å². The summed E-state index contributed by atoms with van der Waals surface area (Å²) in [5.41, 5.74) is 6.18. The van der Waals surface area contributed by atoms with Gasteiger partial charge in [-0.25, -0.2) is 4.79 Å². The molecule has 0 aromatic heterocycles. The minimum Gasteiger partial charge on any atom is -0.434 e. The first-order chi connectivity index (χ1) is 13.4. The number of fused-ring (bicyclic) bond motifs is 1. The maximum atomic E-state index is 12.2. The van der Waals surface area contributed by atoms with E-state index in [-0.39, 0.29) is 6.61 Å². The Balaban J connectivity index is 2.08. The zero-order chi connectivity index (χ0) is 20.4. The van der Waals surface area contributed by atoms with Crippen molar-refractivity contribution in [2.24, 2.45) is 0 Å². The molecule has 152 valence electrons. The normalized spacial score (nSPS) is 17.7. The predicted octanol–water partition coefficient (Wildman–Crippen LogP) is 3.38. The maximum absolute atomic E-state index is 12.2. The van der Waals surface area contributed by atoms with Gasteiger partial charge in [-0.15, -0.1) is 0 Å². The van der Waals surface area contributed by atoms with E-state index in [0.717, 1.165) is 28.9 Å². The fourth-order valence-corrected chi connectivity index (χ4v) is 3.65. The first-order valence-electron chi connectivity index (χ1n) is 9.57. The number of aryl methyl sites for hydroxylation is 3. The molecule has 0 amide bonds. The molecule has 2 heterocycles. The van der Waals surface area contributed by atoms with Gasteiger partial charge in [-0.1, -0.05) is 18.7 Å². The maximum Gasteiger partial charge on any atom is 0.515 e. The number of hydrogen-bond donors (Lipinski definition) is 0. The molecular weight excluding hydrogens is 358 g/mol. The number of rotatable bonds is 4. The third kappa shape index (κ3) is 3.72. The molecule has 0 saturated carbocycles. The quantitative estimate of drug-likeness (QED) is 0.734. The lowest BCUT2D eigenvalue weighted by Crippen LogP contribution is -2.38. The number of benzene rings is 1. The van der Waals surface area contributed by atoms with Crippen LogP contribution < -0.4 is 0 Å². The highest BCUT2D eigenvalue weighted by Gasteiger charge is 2.39. The van der Waals surface area contributed by atoms with Crippen LogP contribution in [0.1, 0.15) is 29.2 Å². The van der Waals surface area contributed by atoms with Crippen LogP contribution in [0.4, 0.5) is 4.79 Å². The molecule has 0 unspecified atom stereocenters. The number of allylic oxidation sites excluding steroid dienone is 1. The third-order valence-electron chi connectivity index (χ3n) is 5.27. The van der Waals surface area contributed by atoms with E-state index in [4.69, 9.17) is 14.3 Å². The lowest BCUT2D eigenvalue weighted by molar-refractivity contribution is -0.125. The molecule has 1 aromatic rings. The van der Waals surface area contributed by atoms with Crippen molar-refractivity contribution in [3.05, 3.63) is 52.5 Å². The number of ether oxygens (including phenoxy) is 2. The Morgan fingerprint density at radius 3 is 2.32 bits per heavy atom. The number of hydrazine groups is 1. The lowest BCUT2D eigenvalue weighted by atomic mass is 9.94. The number of carbonyl (C=O) groups excluding carboxylic acids is 1. The molecule has 0 radical (unpaired) electrons. The molecule has 1 saturated heterocycles. The Kier molecular flexibility index (Phi) is 5.96. The fraction of sp³-hybridized carbons (Fsp3) is 0.476. The first kappa shape index (κ1) is 20.2. The average Bonchev–Trinajstić information content (AvgIpc) is 2.80. The van der Waals surface area contributed by atoms with E-state index in [0.29, 0.717) is 25.5 Å². The third-order valence-corrected chi connectivity index (χ3v) is 5.27. The Hall–Kier alpha value is -2.51. The van der Waals surface area contributed by atoms with E-state index >= 15 is 0 Å². The van der Waals surface area contributed by atoms with Crippen LogP contribution in [0.5, 0.6) is 0 Å². The van der Waals surface area contributed by atoms with Gasteiger partial charge in [-0.2, -0.15) is 5.06 Å². The standard InChI is InChI=1S/C21H29N3O4/c1-7-27-21(25)28-20-19(18-13-15(3)14(2)12-16(18)4)17(5)23-10-8-22(26-6)9-11-24(20)23/h12-13H,5,7-11H2,1-4,6H3. The average molecular weight is 387 g/mol. The van der Waals surface area contributed by atoms with Crippen molar-refractivity contribution < 1.29 is 19.1 Å². The van der Waals surface area contributed by atoms with Gasteiger partial charge in [0.15, 0.2) is 0 Å². The molecule has 7 nitrogen and oxygen atoms in total. The van der Waals surface area contributed by atoms with Crippen LogP contribution >= 0.6 is 0 Å². The Labute approximate surface area is 166 Å². The van der Waals surface area contributed by atoms with Gasteiger partial charge in [0.25, 0.3) is 0 Å². The van der Waals surface area contributed by atoms with Gasteiger partial charge in [0.2, 0.25) is 5.88 Å². The molecule has 7 heteroatoms. The summed E-state index contributed by atoms with van der Waals surface area (Å²) in [7, 11) is 1.66. The number of hydrogen-bond acceptors (Lipinski definition) is 7. The molecule has 2 aliphatic rings. The van der Waals surface area contributed by atoms with E-state index in [1.54, 1.807) is 14.0 Å². The van der Waals surface area contributed by atoms with Crippen molar-refractivity contribution in [3.8, 4) is 0 Å². The summed E-state index contributed by atoms with van der Waals surface area (Å²) in [6.07, 6.45) is -0.709. The molecule has 0 N–H and O–H groups in total. The second-order valence-corrected chi connectivity index (χ2v) is 7.02. The molecule has 0 atom stereocenters. The molecule has 2 aliphatic heterocycles. The Morgan fingerprint density at radius 1 is 1.04 bits per heavy atom. The smallest absolute Gasteiger partial charge is 0.434 e. The summed E-state index contributed by atoms with van der Waals surface area (Å²) in [6, 6.07) is 4.28. The van der Waals surface area contributed by atoms with Crippen LogP contribution in [-0.2, 0) is 14.3 Å². The highest BCUT2D eigenvalue weighted by molar-refractivity contribution is 5.84. The van der Waals surface area contributed by atoms with E-state index < -0.39 is 6.16 Å². The van der Waals surface area contributed by atoms with Crippen LogP contribution in [0.25, 0.3) is 5.57 Å². The van der Waals surface area contributed by atoms with E-state index in [2.05, 4.69) is 44.5 Å². The highest BCUT2D eigenvalue weighted by Crippen LogP contribution is 2.41. The largest absolute Gasteiger partial charge is 0.515 e. The zero-order valence-corrected chi connectivity index (χ0v) is 17.4. The van der Waals surface area contributed by atoms with Gasteiger partial charge in [-0.3, -0.25) is 10.0 Å². The summed E-state index contributed by atoms with van der Waals surface area (Å²) in [6.45, 7) is 15.3. The van der Waals surface area contributed by atoms with Crippen LogP contribution in [-0.4, -0.2) is 61.1 Å². The summed E-state index contributed by atoms with van der Waals surface area (Å²) < 4.78 is 10.7. The monoisotopic (exact) mass is 387 g/mol. The topological polar surface area (TPSA) is 54.5 Å². The Morgan fingerprint density at radius 2 is 1.68 bits per heavy atom. The van der Waals surface area contributed by atoms with Crippen LogP contribution in [0.2, 0.25) is 0 Å². The van der Waals surface area contributed by atoms with E-state index in [9.17, 15) is 4.79 Å². The van der Waals surface area contributed by atoms with Crippen LogP contribution in [0.15, 0.2) is 30.3 Å². The van der Waals surface area contributed by atoms with Gasteiger partial charge in [-0.05, 0) is 49.9 Å². The van der Waals surface area contributed by atoms with Crippen molar-refractivity contribution in [3.63, 3.8) is 0 Å². The fourth-order valence-electron chi connectivity index (χ4n) is 3.65. The zero-order valence-electron chi connectivity index (χ0n) is 17.4. The number of nitrogens with zero attached hydrogens (tertiary/aromatic N) is 3. The summed E-state index contributed by atoms with van der Waals surface area (Å²) in [4.78, 5) is 17.6. The van der Waals surface area contributed by atoms with Crippen LogP contribution in [0.3, 0.4) is 0 Å². The van der Waals surface area contributed by atoms with E-state index in [1.807, 2.05) is 10.1 Å². The Bertz CT molecular complexity index is 818. The van der Waals surface area contributed by atoms with Crippen molar-refractivity contribution >= 4 is 11.7 Å². The SMILES string of the molecule is C=C1C(c2cc(C)c(C)cc2C)=C(OC(=O)OCC)N2CCN(OC)CCN12. The van der Waals surface area contributed by atoms with Gasteiger partial charge in [0, 0.05) is 13.1 Å². The molecule has 0 bridgehead atoms. The molecule has 1 fully saturated rings. The van der Waals surface area contributed by atoms with Gasteiger partial charge < -0.3 is 14.3 Å². The van der Waals surface area contributed by atoms with Gasteiger partial charge >= 0.3 is 6.16 Å². The molecule has 0 spiro atoms. The molecular formula is C21H29N3O4. The van der Waals surface area contributed by atoms with Crippen LogP contribution in [0, 0.1) is 20.8 Å². The highest BCUT2D eigenvalue weighted by atomic mass is 16.7. The second-order valence-electron chi connectivity index (χ2n) is 7.02. The number of hydroxylamine groups is 2. The van der Waals surface area contributed by atoms with Gasteiger partial charge in [0.1, 0.15) is 0 Å². The van der Waals surface area contributed by atoms with Gasteiger partial charge in [0.05, 0.1) is 38.1 Å². The minimum atomic E-state index is -0.709.